The van der Waals surface area contributed by atoms with Crippen molar-refractivity contribution in [2.45, 2.75) is 6.54 Å². The van der Waals surface area contributed by atoms with E-state index in [1.165, 1.54) is 10.1 Å². The van der Waals surface area contributed by atoms with Crippen LogP contribution in [-0.2, 0) is 13.6 Å². The Labute approximate surface area is 124 Å². The fourth-order valence-corrected chi connectivity index (χ4v) is 2.60. The molecule has 21 heavy (non-hydrogen) atoms. The third-order valence-corrected chi connectivity index (χ3v) is 3.91. The van der Waals surface area contributed by atoms with E-state index >= 15 is 0 Å². The number of hydrogen-bond acceptors (Lipinski definition) is 4. The van der Waals surface area contributed by atoms with Gasteiger partial charge >= 0.3 is 0 Å². The van der Waals surface area contributed by atoms with Gasteiger partial charge in [-0.25, -0.2) is 4.98 Å². The number of hydrogen-bond donors (Lipinski definition) is 0. The SMILES string of the molecule is Cn1cnc(N2CCN(Cc3ccccc3)CC2)cc1=O. The molecule has 0 atom stereocenters. The molecule has 0 N–H and O–H groups in total. The van der Waals surface area contributed by atoms with Crippen molar-refractivity contribution in [3.63, 3.8) is 0 Å². The van der Waals surface area contributed by atoms with Crippen molar-refractivity contribution in [2.75, 3.05) is 31.1 Å². The summed E-state index contributed by atoms with van der Waals surface area (Å²) in [4.78, 5) is 20.6. The largest absolute Gasteiger partial charge is 0.354 e. The standard InChI is InChI=1S/C16H20N4O/c1-18-13-17-15(11-16(18)21)20-9-7-19(8-10-20)12-14-5-3-2-4-6-14/h2-6,11,13H,7-10,12H2,1H3. The van der Waals surface area contributed by atoms with Gasteiger partial charge in [0.25, 0.3) is 5.56 Å². The fraction of sp³-hybridized carbons (Fsp3) is 0.375. The zero-order valence-electron chi connectivity index (χ0n) is 12.3. The van der Waals surface area contributed by atoms with Crippen molar-refractivity contribution in [2.24, 2.45) is 7.05 Å². The van der Waals surface area contributed by atoms with E-state index in [1.54, 1.807) is 19.4 Å². The molecule has 110 valence electrons. The Morgan fingerprint density at radius 3 is 2.48 bits per heavy atom. The van der Waals surface area contributed by atoms with Crippen LogP contribution in [0.25, 0.3) is 0 Å². The van der Waals surface area contributed by atoms with E-state index in [4.69, 9.17) is 0 Å². The van der Waals surface area contributed by atoms with Crippen LogP contribution in [0.4, 0.5) is 5.82 Å². The van der Waals surface area contributed by atoms with Crippen molar-refractivity contribution >= 4 is 5.82 Å². The number of nitrogens with zero attached hydrogens (tertiary/aromatic N) is 4. The molecule has 1 fully saturated rings. The Morgan fingerprint density at radius 2 is 1.81 bits per heavy atom. The summed E-state index contributed by atoms with van der Waals surface area (Å²) in [5.41, 5.74) is 1.34. The molecule has 0 radical (unpaired) electrons. The van der Waals surface area contributed by atoms with Crippen LogP contribution >= 0.6 is 0 Å². The van der Waals surface area contributed by atoms with Crippen molar-refractivity contribution in [1.82, 2.24) is 14.5 Å². The number of aryl methyl sites for hydroxylation is 1. The molecule has 1 aromatic carbocycles. The van der Waals surface area contributed by atoms with Gasteiger partial charge in [0.05, 0.1) is 6.33 Å². The number of anilines is 1. The fourth-order valence-electron chi connectivity index (χ4n) is 2.60. The van der Waals surface area contributed by atoms with Gasteiger partial charge in [-0.3, -0.25) is 9.69 Å². The highest BCUT2D eigenvalue weighted by atomic mass is 16.1. The molecular formula is C16H20N4O. The summed E-state index contributed by atoms with van der Waals surface area (Å²) in [7, 11) is 1.72. The number of aromatic nitrogens is 2. The molecule has 5 nitrogen and oxygen atoms in total. The van der Waals surface area contributed by atoms with Crippen LogP contribution < -0.4 is 10.5 Å². The average Bonchev–Trinajstić information content (AvgIpc) is 2.52. The molecule has 0 aliphatic carbocycles. The minimum atomic E-state index is -0.00767. The molecule has 0 bridgehead atoms. The summed E-state index contributed by atoms with van der Waals surface area (Å²) in [5, 5.41) is 0. The lowest BCUT2D eigenvalue weighted by Gasteiger charge is -2.35. The number of piperazine rings is 1. The minimum Gasteiger partial charge on any atom is -0.354 e. The molecule has 1 aliphatic rings. The van der Waals surface area contributed by atoms with E-state index in [9.17, 15) is 4.79 Å². The van der Waals surface area contributed by atoms with Gasteiger partial charge in [-0.2, -0.15) is 0 Å². The molecule has 0 unspecified atom stereocenters. The van der Waals surface area contributed by atoms with Gasteiger partial charge in [-0.15, -0.1) is 0 Å². The monoisotopic (exact) mass is 284 g/mol. The molecule has 2 aromatic rings. The first-order valence-corrected chi connectivity index (χ1v) is 7.26. The maximum atomic E-state index is 11.7. The Morgan fingerprint density at radius 1 is 1.10 bits per heavy atom. The van der Waals surface area contributed by atoms with Crippen LogP contribution in [0.5, 0.6) is 0 Å². The van der Waals surface area contributed by atoms with E-state index in [1.807, 2.05) is 6.07 Å². The smallest absolute Gasteiger partial charge is 0.255 e. The van der Waals surface area contributed by atoms with E-state index in [-0.39, 0.29) is 5.56 Å². The third kappa shape index (κ3) is 3.31. The highest BCUT2D eigenvalue weighted by Crippen LogP contribution is 2.13. The van der Waals surface area contributed by atoms with Crippen molar-refractivity contribution < 1.29 is 0 Å². The molecule has 0 amide bonds. The Hall–Kier alpha value is -2.14. The lowest BCUT2D eigenvalue weighted by Crippen LogP contribution is -2.46. The summed E-state index contributed by atoms with van der Waals surface area (Å²) in [6, 6.07) is 12.1. The topological polar surface area (TPSA) is 41.4 Å². The van der Waals surface area contributed by atoms with E-state index in [2.05, 4.69) is 39.0 Å². The minimum absolute atomic E-state index is 0.00767. The van der Waals surface area contributed by atoms with Crippen LogP contribution in [-0.4, -0.2) is 40.6 Å². The second-order valence-corrected chi connectivity index (χ2v) is 5.45. The molecule has 0 spiro atoms. The van der Waals surface area contributed by atoms with Gasteiger partial charge < -0.3 is 9.47 Å². The molecule has 2 heterocycles. The van der Waals surface area contributed by atoms with Gasteiger partial charge in [0.1, 0.15) is 5.82 Å². The van der Waals surface area contributed by atoms with Crippen LogP contribution in [0, 0.1) is 0 Å². The molecule has 1 saturated heterocycles. The lowest BCUT2D eigenvalue weighted by atomic mass is 10.2. The molecule has 1 aromatic heterocycles. The van der Waals surface area contributed by atoms with Crippen LogP contribution in [0.15, 0.2) is 47.5 Å². The van der Waals surface area contributed by atoms with E-state index in [0.717, 1.165) is 38.5 Å². The first-order valence-electron chi connectivity index (χ1n) is 7.26. The predicted molar refractivity (Wildman–Crippen MR) is 83.4 cm³/mol. The van der Waals surface area contributed by atoms with Gasteiger partial charge in [0.15, 0.2) is 0 Å². The molecular weight excluding hydrogens is 264 g/mol. The first kappa shape index (κ1) is 13.8. The predicted octanol–water partition coefficient (Wildman–Crippen LogP) is 1.10. The van der Waals surface area contributed by atoms with Crippen LogP contribution in [0.2, 0.25) is 0 Å². The number of benzene rings is 1. The second-order valence-electron chi connectivity index (χ2n) is 5.45. The molecule has 0 saturated carbocycles. The highest BCUT2D eigenvalue weighted by molar-refractivity contribution is 5.37. The maximum absolute atomic E-state index is 11.7. The maximum Gasteiger partial charge on any atom is 0.255 e. The molecule has 3 rings (SSSR count). The molecule has 1 aliphatic heterocycles. The van der Waals surface area contributed by atoms with Gasteiger partial charge in [0, 0.05) is 45.8 Å². The second kappa shape index (κ2) is 6.10. The summed E-state index contributed by atoms with van der Waals surface area (Å²) in [6.45, 7) is 4.79. The summed E-state index contributed by atoms with van der Waals surface area (Å²) >= 11 is 0. The Bertz CT molecular complexity index is 645. The van der Waals surface area contributed by atoms with Crippen LogP contribution in [0.3, 0.4) is 0 Å². The highest BCUT2D eigenvalue weighted by Gasteiger charge is 2.18. The van der Waals surface area contributed by atoms with Crippen LogP contribution in [0.1, 0.15) is 5.56 Å². The van der Waals surface area contributed by atoms with Gasteiger partial charge in [-0.1, -0.05) is 30.3 Å². The molecule has 5 heteroatoms. The zero-order chi connectivity index (χ0) is 14.7. The van der Waals surface area contributed by atoms with Crippen molar-refractivity contribution in [3.05, 3.63) is 58.6 Å². The quantitative estimate of drug-likeness (QED) is 0.846. The van der Waals surface area contributed by atoms with Crippen molar-refractivity contribution in [1.29, 1.82) is 0 Å². The summed E-state index contributed by atoms with van der Waals surface area (Å²) < 4.78 is 1.50. The Balaban J connectivity index is 1.60. The number of rotatable bonds is 3. The van der Waals surface area contributed by atoms with E-state index < -0.39 is 0 Å². The summed E-state index contributed by atoms with van der Waals surface area (Å²) in [6.07, 6.45) is 1.59. The average molecular weight is 284 g/mol. The van der Waals surface area contributed by atoms with E-state index in [0.29, 0.717) is 0 Å². The lowest BCUT2D eigenvalue weighted by molar-refractivity contribution is 0.249. The first-order chi connectivity index (χ1) is 10.2. The Kier molecular flexibility index (Phi) is 4.01. The summed E-state index contributed by atoms with van der Waals surface area (Å²) in [5.74, 6) is 0.789. The third-order valence-electron chi connectivity index (χ3n) is 3.91. The van der Waals surface area contributed by atoms with Crippen molar-refractivity contribution in [3.8, 4) is 0 Å². The van der Waals surface area contributed by atoms with Gasteiger partial charge in [-0.05, 0) is 5.56 Å². The normalized spacial score (nSPS) is 16.1. The van der Waals surface area contributed by atoms with Gasteiger partial charge in [0.2, 0.25) is 0 Å². The zero-order valence-corrected chi connectivity index (χ0v) is 12.3.